The van der Waals surface area contributed by atoms with E-state index in [0.717, 1.165) is 12.1 Å². The number of carbonyl (C=O) groups excluding carboxylic acids is 1. The molecule has 0 heterocycles. The first-order valence-electron chi connectivity index (χ1n) is 4.49. The fourth-order valence-corrected chi connectivity index (χ4v) is 1.81. The summed E-state index contributed by atoms with van der Waals surface area (Å²) in [5, 5.41) is 9.09. The fraction of sp³-hybridized carbons (Fsp3) is 0.200. The summed E-state index contributed by atoms with van der Waals surface area (Å²) in [5.74, 6) is -0.755. The zero-order valence-corrected chi connectivity index (χ0v) is 10.1. The number of rotatable bonds is 2. The van der Waals surface area contributed by atoms with Gasteiger partial charge < -0.3 is 5.32 Å². The number of nitrogens with zero attached hydrogens (tertiary/aromatic N) is 1. The summed E-state index contributed by atoms with van der Waals surface area (Å²) < 4.78 is 37.9. The number of anilines is 1. The van der Waals surface area contributed by atoms with Crippen LogP contribution < -0.4 is 5.32 Å². The molecule has 18 heavy (non-hydrogen) atoms. The van der Waals surface area contributed by atoms with Crippen LogP contribution in [-0.2, 0) is 11.0 Å². The van der Waals surface area contributed by atoms with Crippen molar-refractivity contribution < 1.29 is 18.0 Å². The second-order valence-corrected chi connectivity index (χ2v) is 3.95. The van der Waals surface area contributed by atoms with Gasteiger partial charge in [-0.05, 0) is 12.1 Å². The average Bonchev–Trinajstić information content (AvgIpc) is 2.21. The van der Waals surface area contributed by atoms with E-state index in [1.54, 1.807) is 6.07 Å². The molecule has 0 atom stereocenters. The van der Waals surface area contributed by atoms with Crippen molar-refractivity contribution in [2.45, 2.75) is 12.6 Å². The lowest BCUT2D eigenvalue weighted by Crippen LogP contribution is -2.13. The molecule has 0 fully saturated rings. The van der Waals surface area contributed by atoms with Crippen LogP contribution in [0.15, 0.2) is 12.1 Å². The SMILES string of the molecule is N#CCC(=O)Nc1ccc(Cl)c(C(F)(F)F)c1Cl. The zero-order valence-electron chi connectivity index (χ0n) is 8.61. The Balaban J connectivity index is 3.18. The minimum Gasteiger partial charge on any atom is -0.324 e. The minimum absolute atomic E-state index is 0.242. The Labute approximate surface area is 110 Å². The molecule has 1 amide bonds. The highest BCUT2D eigenvalue weighted by Crippen LogP contribution is 2.42. The first kappa shape index (κ1) is 14.6. The Morgan fingerprint density at radius 3 is 2.50 bits per heavy atom. The Morgan fingerprint density at radius 2 is 2.00 bits per heavy atom. The first-order valence-corrected chi connectivity index (χ1v) is 5.25. The number of nitriles is 1. The maximum Gasteiger partial charge on any atom is 0.419 e. The van der Waals surface area contributed by atoms with Crippen LogP contribution in [0.5, 0.6) is 0 Å². The van der Waals surface area contributed by atoms with E-state index in [-0.39, 0.29) is 5.69 Å². The zero-order chi connectivity index (χ0) is 13.9. The Hall–Kier alpha value is -1.45. The van der Waals surface area contributed by atoms with Crippen LogP contribution in [0.1, 0.15) is 12.0 Å². The van der Waals surface area contributed by atoms with Crippen LogP contribution in [0, 0.1) is 11.3 Å². The third kappa shape index (κ3) is 3.28. The number of benzene rings is 1. The number of hydrogen-bond donors (Lipinski definition) is 1. The molecule has 1 aromatic carbocycles. The van der Waals surface area contributed by atoms with E-state index in [2.05, 4.69) is 5.32 Å². The van der Waals surface area contributed by atoms with E-state index in [4.69, 9.17) is 28.5 Å². The third-order valence-electron chi connectivity index (χ3n) is 1.89. The highest BCUT2D eigenvalue weighted by Gasteiger charge is 2.37. The summed E-state index contributed by atoms with van der Waals surface area (Å²) in [5.41, 5.74) is -1.46. The second kappa shape index (κ2) is 5.46. The van der Waals surface area contributed by atoms with Gasteiger partial charge in [-0.25, -0.2) is 0 Å². The van der Waals surface area contributed by atoms with E-state index < -0.39 is 34.1 Å². The normalized spacial score (nSPS) is 10.9. The molecule has 1 aromatic rings. The number of carbonyl (C=O) groups is 1. The molecule has 1 rings (SSSR count). The highest BCUT2D eigenvalue weighted by atomic mass is 35.5. The molecular weight excluding hydrogens is 292 g/mol. The molecule has 0 aromatic heterocycles. The maximum absolute atomic E-state index is 12.6. The van der Waals surface area contributed by atoms with Gasteiger partial charge in [-0.1, -0.05) is 23.2 Å². The van der Waals surface area contributed by atoms with Gasteiger partial charge in [0.15, 0.2) is 0 Å². The van der Waals surface area contributed by atoms with Gasteiger partial charge in [-0.15, -0.1) is 0 Å². The van der Waals surface area contributed by atoms with E-state index >= 15 is 0 Å². The van der Waals surface area contributed by atoms with Gasteiger partial charge >= 0.3 is 6.18 Å². The van der Waals surface area contributed by atoms with Crippen molar-refractivity contribution in [3.8, 4) is 6.07 Å². The molecule has 0 aliphatic rings. The molecule has 96 valence electrons. The topological polar surface area (TPSA) is 52.9 Å². The molecule has 1 N–H and O–H groups in total. The van der Waals surface area contributed by atoms with Gasteiger partial charge in [0.1, 0.15) is 6.42 Å². The van der Waals surface area contributed by atoms with Crippen molar-refractivity contribution in [3.05, 3.63) is 27.7 Å². The molecule has 0 unspecified atom stereocenters. The van der Waals surface area contributed by atoms with Crippen molar-refractivity contribution in [2.75, 3.05) is 5.32 Å². The second-order valence-electron chi connectivity index (χ2n) is 3.16. The standard InChI is InChI=1S/C10H5Cl2F3N2O/c11-5-1-2-6(17-7(18)3-4-16)9(12)8(5)10(13,14)15/h1-2H,3H2,(H,17,18). The van der Waals surface area contributed by atoms with Gasteiger partial charge in [0, 0.05) is 0 Å². The number of halogens is 5. The Bertz CT molecular complexity index is 523. The van der Waals surface area contributed by atoms with Gasteiger partial charge in [0.2, 0.25) is 5.91 Å². The Morgan fingerprint density at radius 1 is 1.39 bits per heavy atom. The highest BCUT2D eigenvalue weighted by molar-refractivity contribution is 6.38. The van der Waals surface area contributed by atoms with Crippen molar-refractivity contribution >= 4 is 34.8 Å². The summed E-state index contributed by atoms with van der Waals surface area (Å²) in [7, 11) is 0. The summed E-state index contributed by atoms with van der Waals surface area (Å²) in [4.78, 5) is 11.1. The van der Waals surface area contributed by atoms with Crippen LogP contribution in [-0.4, -0.2) is 5.91 Å². The van der Waals surface area contributed by atoms with Gasteiger partial charge in [0.25, 0.3) is 0 Å². The molecule has 0 bridgehead atoms. The molecule has 0 spiro atoms. The largest absolute Gasteiger partial charge is 0.419 e. The molecule has 0 radical (unpaired) electrons. The monoisotopic (exact) mass is 296 g/mol. The van der Waals surface area contributed by atoms with Crippen LogP contribution >= 0.6 is 23.2 Å². The third-order valence-corrected chi connectivity index (χ3v) is 2.60. The van der Waals surface area contributed by atoms with Crippen molar-refractivity contribution in [1.82, 2.24) is 0 Å². The lowest BCUT2D eigenvalue weighted by atomic mass is 10.2. The van der Waals surface area contributed by atoms with E-state index in [1.807, 2.05) is 0 Å². The maximum atomic E-state index is 12.6. The van der Waals surface area contributed by atoms with E-state index in [9.17, 15) is 18.0 Å². The van der Waals surface area contributed by atoms with Crippen LogP contribution in [0.2, 0.25) is 10.0 Å². The van der Waals surface area contributed by atoms with Gasteiger partial charge in [-0.2, -0.15) is 18.4 Å². The van der Waals surface area contributed by atoms with Crippen molar-refractivity contribution in [2.24, 2.45) is 0 Å². The molecule has 0 aliphatic carbocycles. The fourth-order valence-electron chi connectivity index (χ4n) is 1.18. The van der Waals surface area contributed by atoms with Gasteiger partial charge in [-0.3, -0.25) is 4.79 Å². The predicted octanol–water partition coefficient (Wildman–Crippen LogP) is 3.86. The smallest absolute Gasteiger partial charge is 0.324 e. The molecule has 0 saturated heterocycles. The van der Waals surface area contributed by atoms with E-state index in [0.29, 0.717) is 0 Å². The molecule has 0 aliphatic heterocycles. The summed E-state index contributed by atoms with van der Waals surface area (Å²) >= 11 is 11.0. The molecule has 8 heteroatoms. The Kier molecular flexibility index (Phi) is 4.43. The molecule has 0 saturated carbocycles. The van der Waals surface area contributed by atoms with Crippen molar-refractivity contribution in [1.29, 1.82) is 5.26 Å². The molecular formula is C10H5Cl2F3N2O. The summed E-state index contributed by atoms with van der Waals surface area (Å²) in [6.07, 6.45) is -5.22. The first-order chi connectivity index (χ1) is 8.27. The number of nitrogens with one attached hydrogen (secondary N) is 1. The number of amides is 1. The lowest BCUT2D eigenvalue weighted by Gasteiger charge is -2.14. The minimum atomic E-state index is -4.73. The quantitative estimate of drug-likeness (QED) is 0.901. The van der Waals surface area contributed by atoms with Crippen molar-refractivity contribution in [3.63, 3.8) is 0 Å². The van der Waals surface area contributed by atoms with E-state index in [1.165, 1.54) is 0 Å². The molecule has 3 nitrogen and oxygen atoms in total. The van der Waals surface area contributed by atoms with Crippen LogP contribution in [0.4, 0.5) is 18.9 Å². The lowest BCUT2D eigenvalue weighted by molar-refractivity contribution is -0.137. The predicted molar refractivity (Wildman–Crippen MR) is 60.3 cm³/mol. The average molecular weight is 297 g/mol. The van der Waals surface area contributed by atoms with Crippen LogP contribution in [0.3, 0.4) is 0 Å². The van der Waals surface area contributed by atoms with Crippen LogP contribution in [0.25, 0.3) is 0 Å². The summed E-state index contributed by atoms with van der Waals surface area (Å²) in [6, 6.07) is 3.66. The number of hydrogen-bond acceptors (Lipinski definition) is 2. The van der Waals surface area contributed by atoms with Gasteiger partial charge in [0.05, 0.1) is 27.4 Å². The summed E-state index contributed by atoms with van der Waals surface area (Å²) in [6.45, 7) is 0. The number of alkyl halides is 3.